The van der Waals surface area contributed by atoms with E-state index in [4.69, 9.17) is 11.6 Å². The van der Waals surface area contributed by atoms with Gasteiger partial charge in [0.05, 0.1) is 0 Å². The maximum absolute atomic E-state index is 13.1. The predicted molar refractivity (Wildman–Crippen MR) is 116 cm³/mol. The molecular formula is C20H27ClN2O2S2. The van der Waals surface area contributed by atoms with Crippen LogP contribution in [-0.2, 0) is 16.0 Å². The third-order valence-electron chi connectivity index (χ3n) is 5.14. The Balaban J connectivity index is 1.63. The highest BCUT2D eigenvalue weighted by Crippen LogP contribution is 2.22. The van der Waals surface area contributed by atoms with E-state index in [1.165, 1.54) is 0 Å². The van der Waals surface area contributed by atoms with Crippen molar-refractivity contribution in [2.75, 3.05) is 49.2 Å². The van der Waals surface area contributed by atoms with Crippen molar-refractivity contribution in [3.63, 3.8) is 0 Å². The smallest absolute Gasteiger partial charge is 0.226 e. The second-order valence-corrected chi connectivity index (χ2v) is 9.88. The van der Waals surface area contributed by atoms with Crippen LogP contribution in [0.1, 0.15) is 18.4 Å². The van der Waals surface area contributed by atoms with Crippen LogP contribution in [0.3, 0.4) is 0 Å². The molecule has 0 saturated carbocycles. The first-order valence-corrected chi connectivity index (χ1v) is 12.3. The fraction of sp³-hybridized carbons (Fsp3) is 0.600. The molecule has 27 heavy (non-hydrogen) atoms. The molecule has 2 fully saturated rings. The fourth-order valence-corrected chi connectivity index (χ4v) is 5.46. The zero-order valence-corrected chi connectivity index (χ0v) is 18.0. The molecule has 2 aliphatic heterocycles. The van der Waals surface area contributed by atoms with E-state index in [2.05, 4.69) is 0 Å². The predicted octanol–water partition coefficient (Wildman–Crippen LogP) is 3.43. The van der Waals surface area contributed by atoms with Crippen molar-refractivity contribution in [3.8, 4) is 0 Å². The molecule has 2 saturated heterocycles. The Bertz CT molecular complexity index is 629. The minimum Gasteiger partial charge on any atom is -0.341 e. The summed E-state index contributed by atoms with van der Waals surface area (Å²) in [6.45, 7) is 3.31. The van der Waals surface area contributed by atoms with Gasteiger partial charge in [-0.2, -0.15) is 23.5 Å². The van der Waals surface area contributed by atoms with Crippen molar-refractivity contribution in [1.29, 1.82) is 0 Å². The molecule has 0 spiro atoms. The van der Waals surface area contributed by atoms with Gasteiger partial charge in [0, 0.05) is 66.6 Å². The summed E-state index contributed by atoms with van der Waals surface area (Å²) < 4.78 is 0. The van der Waals surface area contributed by atoms with Crippen LogP contribution >= 0.6 is 35.1 Å². The first-order chi connectivity index (χ1) is 13.1. The van der Waals surface area contributed by atoms with E-state index >= 15 is 0 Å². The quantitative estimate of drug-likeness (QED) is 0.698. The standard InChI is InChI=1S/C20H27ClN2O2S2/c21-18-4-1-16(2-5-18)15-17(20(25)23-9-13-27-14-10-23)3-6-19(24)22-7-11-26-12-8-22/h1-2,4-5,17H,3,6-15H2/t17-/m0/s1. The molecule has 0 unspecified atom stereocenters. The van der Waals surface area contributed by atoms with Gasteiger partial charge < -0.3 is 9.80 Å². The van der Waals surface area contributed by atoms with Crippen LogP contribution in [0.2, 0.25) is 5.02 Å². The highest BCUT2D eigenvalue weighted by atomic mass is 35.5. The van der Waals surface area contributed by atoms with E-state index in [0.29, 0.717) is 24.3 Å². The van der Waals surface area contributed by atoms with Crippen LogP contribution in [-0.4, -0.2) is 70.8 Å². The van der Waals surface area contributed by atoms with Crippen molar-refractivity contribution >= 4 is 46.9 Å². The highest BCUT2D eigenvalue weighted by Gasteiger charge is 2.27. The Labute approximate surface area is 175 Å². The molecule has 0 bridgehead atoms. The van der Waals surface area contributed by atoms with Crippen molar-refractivity contribution in [2.45, 2.75) is 19.3 Å². The van der Waals surface area contributed by atoms with Crippen molar-refractivity contribution in [1.82, 2.24) is 9.80 Å². The zero-order valence-electron chi connectivity index (χ0n) is 15.6. The summed E-state index contributed by atoms with van der Waals surface area (Å²) in [5.41, 5.74) is 1.10. The van der Waals surface area contributed by atoms with Crippen LogP contribution < -0.4 is 0 Å². The average Bonchev–Trinajstić information content (AvgIpc) is 2.73. The molecule has 148 valence electrons. The Hall–Kier alpha value is -0.850. The number of hydrogen-bond donors (Lipinski definition) is 0. The summed E-state index contributed by atoms with van der Waals surface area (Å²) in [5, 5.41) is 0.702. The van der Waals surface area contributed by atoms with Gasteiger partial charge in [-0.1, -0.05) is 23.7 Å². The molecular weight excluding hydrogens is 400 g/mol. The second kappa shape index (κ2) is 10.6. The maximum atomic E-state index is 13.1. The van der Waals surface area contributed by atoms with Crippen molar-refractivity contribution in [2.24, 2.45) is 5.92 Å². The number of carbonyl (C=O) groups is 2. The number of carbonyl (C=O) groups excluding carboxylic acids is 2. The van der Waals surface area contributed by atoms with Crippen LogP contribution in [0, 0.1) is 5.92 Å². The van der Waals surface area contributed by atoms with E-state index in [1.54, 1.807) is 0 Å². The maximum Gasteiger partial charge on any atom is 0.226 e. The van der Waals surface area contributed by atoms with Crippen molar-refractivity contribution < 1.29 is 9.59 Å². The van der Waals surface area contributed by atoms with Gasteiger partial charge in [0.1, 0.15) is 0 Å². The second-order valence-electron chi connectivity index (χ2n) is 7.00. The number of benzene rings is 1. The van der Waals surface area contributed by atoms with E-state index in [0.717, 1.165) is 54.8 Å². The summed E-state index contributed by atoms with van der Waals surface area (Å²) in [7, 11) is 0. The lowest BCUT2D eigenvalue weighted by molar-refractivity contribution is -0.136. The number of halogens is 1. The molecule has 2 amide bonds. The summed E-state index contributed by atoms with van der Waals surface area (Å²) in [6.07, 6.45) is 1.74. The summed E-state index contributed by atoms with van der Waals surface area (Å²) >= 11 is 9.79. The van der Waals surface area contributed by atoms with E-state index in [9.17, 15) is 9.59 Å². The van der Waals surface area contributed by atoms with Gasteiger partial charge in [0.25, 0.3) is 0 Å². The summed E-state index contributed by atoms with van der Waals surface area (Å²) in [5.74, 6) is 4.30. The van der Waals surface area contributed by atoms with E-state index in [1.807, 2.05) is 57.6 Å². The van der Waals surface area contributed by atoms with E-state index < -0.39 is 0 Å². The Morgan fingerprint density at radius 2 is 1.48 bits per heavy atom. The van der Waals surface area contributed by atoms with Gasteiger partial charge in [-0.15, -0.1) is 0 Å². The Morgan fingerprint density at radius 1 is 0.926 bits per heavy atom. The van der Waals surface area contributed by atoms with Crippen LogP contribution in [0.15, 0.2) is 24.3 Å². The molecule has 1 aromatic rings. The Morgan fingerprint density at radius 3 is 2.07 bits per heavy atom. The van der Waals surface area contributed by atoms with Crippen LogP contribution in [0.4, 0.5) is 0 Å². The first kappa shape index (κ1) is 20.9. The van der Waals surface area contributed by atoms with Gasteiger partial charge in [-0.3, -0.25) is 9.59 Å². The molecule has 7 heteroatoms. The monoisotopic (exact) mass is 426 g/mol. The fourth-order valence-electron chi connectivity index (χ4n) is 3.53. The minimum atomic E-state index is -0.141. The van der Waals surface area contributed by atoms with Gasteiger partial charge in [0.15, 0.2) is 0 Å². The largest absolute Gasteiger partial charge is 0.341 e. The molecule has 2 heterocycles. The number of nitrogens with zero attached hydrogens (tertiary/aromatic N) is 2. The third kappa shape index (κ3) is 6.33. The lowest BCUT2D eigenvalue weighted by Gasteiger charge is -2.31. The molecule has 4 nitrogen and oxygen atoms in total. The first-order valence-electron chi connectivity index (χ1n) is 9.60. The highest BCUT2D eigenvalue weighted by molar-refractivity contribution is 7.99. The van der Waals surface area contributed by atoms with Gasteiger partial charge in [-0.05, 0) is 30.5 Å². The Kier molecular flexibility index (Phi) is 8.22. The number of amides is 2. The summed E-state index contributed by atoms with van der Waals surface area (Å²) in [4.78, 5) is 29.6. The molecule has 3 rings (SSSR count). The molecule has 0 radical (unpaired) electrons. The lowest BCUT2D eigenvalue weighted by Crippen LogP contribution is -2.43. The molecule has 2 aliphatic rings. The minimum absolute atomic E-state index is 0.141. The molecule has 0 aliphatic carbocycles. The number of hydrogen-bond acceptors (Lipinski definition) is 4. The third-order valence-corrected chi connectivity index (χ3v) is 7.27. The van der Waals surface area contributed by atoms with Gasteiger partial charge in [0.2, 0.25) is 11.8 Å². The van der Waals surface area contributed by atoms with Gasteiger partial charge >= 0.3 is 0 Å². The van der Waals surface area contributed by atoms with Crippen molar-refractivity contribution in [3.05, 3.63) is 34.9 Å². The molecule has 0 aromatic heterocycles. The van der Waals surface area contributed by atoms with Gasteiger partial charge in [-0.25, -0.2) is 0 Å². The van der Waals surface area contributed by atoms with Crippen LogP contribution in [0.5, 0.6) is 0 Å². The molecule has 1 aromatic carbocycles. The zero-order chi connectivity index (χ0) is 19.1. The molecule has 0 N–H and O–H groups in total. The van der Waals surface area contributed by atoms with Crippen LogP contribution in [0.25, 0.3) is 0 Å². The average molecular weight is 427 g/mol. The normalized spacial score (nSPS) is 19.0. The van der Waals surface area contributed by atoms with E-state index in [-0.39, 0.29) is 17.7 Å². The number of thioether (sulfide) groups is 2. The lowest BCUT2D eigenvalue weighted by atomic mass is 9.93. The molecule has 1 atom stereocenters. The topological polar surface area (TPSA) is 40.6 Å². The number of rotatable bonds is 6. The SMILES string of the molecule is O=C(CC[C@@H](Cc1ccc(Cl)cc1)C(=O)N1CCSCC1)N1CCSCC1. The summed E-state index contributed by atoms with van der Waals surface area (Å²) in [6, 6.07) is 7.70.